The molecule has 5 heteroatoms. The number of carbonyl (C=O) groups excluding carboxylic acids is 1. The summed E-state index contributed by atoms with van der Waals surface area (Å²) in [7, 11) is 0. The Balaban J connectivity index is 1.52. The van der Waals surface area contributed by atoms with E-state index in [0.29, 0.717) is 29.5 Å². The molecule has 7 atom stereocenters. The fourth-order valence-electron chi connectivity index (χ4n) is 7.48. The second-order valence-corrected chi connectivity index (χ2v) is 10.8. The van der Waals surface area contributed by atoms with Crippen molar-refractivity contribution in [3.05, 3.63) is 41.6 Å². The molecule has 0 aromatic heterocycles. The minimum Gasteiger partial charge on any atom is -0.481 e. The highest BCUT2D eigenvalue weighted by molar-refractivity contribution is 6.18. The standard InChI is InChI=1S/C26H33NO4/c1-25-11-9-16(28)13-15(25)7-8-17-19(25)10-12-26(2,24(30)31)20(17)14-22-23(29)18-5-3-4-6-21(18)27-22/h3-6,14-17,19-20,27-28H,7-13H2,1-2H3,(H,30,31)/b22-14+/t15-,16+,17-,19+,20-,25-,26-/m0/s1. The number of rotatable bonds is 2. The lowest BCUT2D eigenvalue weighted by Gasteiger charge is -2.60. The van der Waals surface area contributed by atoms with Crippen LogP contribution >= 0.6 is 0 Å². The number of aliphatic hydroxyl groups is 1. The first-order valence-corrected chi connectivity index (χ1v) is 11.8. The van der Waals surface area contributed by atoms with Crippen molar-refractivity contribution in [1.82, 2.24) is 0 Å². The van der Waals surface area contributed by atoms with Gasteiger partial charge < -0.3 is 15.5 Å². The molecule has 0 unspecified atom stereocenters. The average molecular weight is 424 g/mol. The summed E-state index contributed by atoms with van der Waals surface area (Å²) in [5.74, 6) is 0.210. The zero-order valence-corrected chi connectivity index (χ0v) is 18.4. The molecule has 0 spiro atoms. The van der Waals surface area contributed by atoms with Crippen LogP contribution in [0, 0.1) is 34.5 Å². The van der Waals surface area contributed by atoms with Gasteiger partial charge >= 0.3 is 5.97 Å². The molecular formula is C26H33NO4. The van der Waals surface area contributed by atoms with Crippen LogP contribution in [-0.2, 0) is 4.79 Å². The Morgan fingerprint density at radius 2 is 1.90 bits per heavy atom. The van der Waals surface area contributed by atoms with Gasteiger partial charge in [0.25, 0.3) is 0 Å². The number of carboxylic acid groups (broad SMARTS) is 1. The number of hydrogen-bond acceptors (Lipinski definition) is 4. The van der Waals surface area contributed by atoms with Gasteiger partial charge in [-0.05, 0) is 93.1 Å². The van der Waals surface area contributed by atoms with Gasteiger partial charge in [0.1, 0.15) is 0 Å². The van der Waals surface area contributed by atoms with Crippen molar-refractivity contribution in [2.24, 2.45) is 34.5 Å². The van der Waals surface area contributed by atoms with Crippen molar-refractivity contribution in [2.45, 2.75) is 64.9 Å². The van der Waals surface area contributed by atoms with Gasteiger partial charge in [-0.2, -0.15) is 0 Å². The number of para-hydroxylation sites is 1. The molecule has 0 radical (unpaired) electrons. The summed E-state index contributed by atoms with van der Waals surface area (Å²) in [5, 5.41) is 23.7. The van der Waals surface area contributed by atoms with E-state index in [1.165, 1.54) is 0 Å². The SMILES string of the molecule is C[C@]12CC[C@@H](O)C[C@@H]1CC[C@H]1[C@H]2CC[C@](C)(C(=O)O)[C@H]1/C=C1/Nc2ccccc2C1=O. The largest absolute Gasteiger partial charge is 0.481 e. The molecule has 3 fully saturated rings. The third kappa shape index (κ3) is 3.07. The van der Waals surface area contributed by atoms with Crippen LogP contribution in [0.5, 0.6) is 0 Å². The number of ketones is 1. The van der Waals surface area contributed by atoms with Crippen molar-refractivity contribution in [1.29, 1.82) is 0 Å². The summed E-state index contributed by atoms with van der Waals surface area (Å²) in [6.45, 7) is 4.25. The van der Waals surface area contributed by atoms with Gasteiger partial charge in [-0.1, -0.05) is 25.1 Å². The molecule has 1 aromatic carbocycles. The van der Waals surface area contributed by atoms with Crippen LogP contribution in [0.2, 0.25) is 0 Å². The molecule has 5 rings (SSSR count). The summed E-state index contributed by atoms with van der Waals surface area (Å²) < 4.78 is 0. The molecule has 5 nitrogen and oxygen atoms in total. The van der Waals surface area contributed by atoms with E-state index in [1.807, 2.05) is 37.3 Å². The zero-order valence-electron chi connectivity index (χ0n) is 18.4. The van der Waals surface area contributed by atoms with E-state index < -0.39 is 11.4 Å². The first kappa shape index (κ1) is 20.7. The number of anilines is 1. The number of hydrogen-bond donors (Lipinski definition) is 3. The van der Waals surface area contributed by atoms with E-state index in [4.69, 9.17) is 0 Å². The lowest BCUT2D eigenvalue weighted by molar-refractivity contribution is -0.164. The number of aliphatic hydroxyl groups excluding tert-OH is 1. The Morgan fingerprint density at radius 3 is 2.65 bits per heavy atom. The normalized spacial score (nSPS) is 43.0. The molecule has 0 bridgehead atoms. The fraction of sp³-hybridized carbons (Fsp3) is 0.615. The maximum Gasteiger partial charge on any atom is 0.309 e. The van der Waals surface area contributed by atoms with Crippen molar-refractivity contribution < 1.29 is 19.8 Å². The monoisotopic (exact) mass is 423 g/mol. The first-order valence-electron chi connectivity index (χ1n) is 11.8. The number of benzene rings is 1. The van der Waals surface area contributed by atoms with Crippen LogP contribution in [0.15, 0.2) is 36.0 Å². The number of allylic oxidation sites excluding steroid dienone is 2. The Morgan fingerprint density at radius 1 is 1.13 bits per heavy atom. The maximum absolute atomic E-state index is 13.0. The molecule has 0 saturated heterocycles. The fourth-order valence-corrected chi connectivity index (χ4v) is 7.48. The van der Waals surface area contributed by atoms with Crippen LogP contribution in [0.25, 0.3) is 0 Å². The Labute approximate surface area is 183 Å². The molecule has 4 aliphatic rings. The quantitative estimate of drug-likeness (QED) is 0.591. The second kappa shape index (κ2) is 7.19. The lowest BCUT2D eigenvalue weighted by Crippen LogP contribution is -2.55. The molecule has 31 heavy (non-hydrogen) atoms. The summed E-state index contributed by atoms with van der Waals surface area (Å²) in [6.07, 6.45) is 8.04. The van der Waals surface area contributed by atoms with Gasteiger partial charge in [0, 0.05) is 11.3 Å². The van der Waals surface area contributed by atoms with Gasteiger partial charge in [-0.3, -0.25) is 9.59 Å². The third-order valence-electron chi connectivity index (χ3n) is 9.41. The minimum atomic E-state index is -0.873. The van der Waals surface area contributed by atoms with E-state index in [2.05, 4.69) is 12.2 Å². The van der Waals surface area contributed by atoms with E-state index in [1.54, 1.807) is 0 Å². The van der Waals surface area contributed by atoms with Gasteiger partial charge in [0.2, 0.25) is 5.78 Å². The summed E-state index contributed by atoms with van der Waals surface area (Å²) in [5.41, 5.74) is 1.28. The molecule has 1 aromatic rings. The van der Waals surface area contributed by atoms with E-state index in [-0.39, 0.29) is 29.1 Å². The van der Waals surface area contributed by atoms with Crippen molar-refractivity contribution >= 4 is 17.4 Å². The minimum absolute atomic E-state index is 0.0360. The highest BCUT2D eigenvalue weighted by Gasteiger charge is 2.58. The molecule has 1 heterocycles. The summed E-state index contributed by atoms with van der Waals surface area (Å²) in [6, 6.07) is 7.48. The number of Topliss-reactive ketones (excluding diaryl/α,β-unsaturated/α-hetero) is 1. The molecule has 3 saturated carbocycles. The van der Waals surface area contributed by atoms with Crippen molar-refractivity contribution in [2.75, 3.05) is 5.32 Å². The summed E-state index contributed by atoms with van der Waals surface area (Å²) in [4.78, 5) is 25.5. The van der Waals surface area contributed by atoms with Crippen LogP contribution in [0.4, 0.5) is 5.69 Å². The third-order valence-corrected chi connectivity index (χ3v) is 9.41. The molecule has 0 amide bonds. The van der Waals surface area contributed by atoms with Crippen LogP contribution in [-0.4, -0.2) is 28.1 Å². The van der Waals surface area contributed by atoms with Crippen molar-refractivity contribution in [3.63, 3.8) is 0 Å². The number of carboxylic acids is 1. The predicted molar refractivity (Wildman–Crippen MR) is 119 cm³/mol. The molecule has 3 N–H and O–H groups in total. The highest BCUT2D eigenvalue weighted by atomic mass is 16.4. The number of aliphatic carboxylic acids is 1. The van der Waals surface area contributed by atoms with Crippen molar-refractivity contribution in [3.8, 4) is 0 Å². The van der Waals surface area contributed by atoms with Crippen LogP contribution < -0.4 is 5.32 Å². The van der Waals surface area contributed by atoms with Crippen LogP contribution in [0.3, 0.4) is 0 Å². The number of carbonyl (C=O) groups is 2. The maximum atomic E-state index is 13.0. The lowest BCUT2D eigenvalue weighted by atomic mass is 9.44. The summed E-state index contributed by atoms with van der Waals surface area (Å²) >= 11 is 0. The molecule has 1 aliphatic heterocycles. The van der Waals surface area contributed by atoms with Gasteiger partial charge in [0.15, 0.2) is 0 Å². The smallest absolute Gasteiger partial charge is 0.309 e. The van der Waals surface area contributed by atoms with Crippen LogP contribution in [0.1, 0.15) is 69.2 Å². The van der Waals surface area contributed by atoms with Gasteiger partial charge in [-0.15, -0.1) is 0 Å². The zero-order chi connectivity index (χ0) is 22.0. The first-order chi connectivity index (χ1) is 14.7. The predicted octanol–water partition coefficient (Wildman–Crippen LogP) is 4.87. The molecular weight excluding hydrogens is 390 g/mol. The topological polar surface area (TPSA) is 86.6 Å². The van der Waals surface area contributed by atoms with E-state index >= 15 is 0 Å². The Kier molecular flexibility index (Phi) is 4.81. The van der Waals surface area contributed by atoms with E-state index in [0.717, 1.165) is 44.2 Å². The Hall–Kier alpha value is -2.14. The van der Waals surface area contributed by atoms with Gasteiger partial charge in [0.05, 0.1) is 17.2 Å². The highest BCUT2D eigenvalue weighted by Crippen LogP contribution is 2.63. The number of fused-ring (bicyclic) bond motifs is 4. The average Bonchev–Trinajstić information content (AvgIpc) is 3.06. The molecule has 3 aliphatic carbocycles. The van der Waals surface area contributed by atoms with E-state index in [9.17, 15) is 19.8 Å². The van der Waals surface area contributed by atoms with Gasteiger partial charge in [-0.25, -0.2) is 0 Å². The Bertz CT molecular complexity index is 954. The molecule has 166 valence electrons. The second-order valence-electron chi connectivity index (χ2n) is 10.8. The number of nitrogens with one attached hydrogen (secondary N) is 1.